The Morgan fingerprint density at radius 2 is 1.67 bits per heavy atom. The molecular weight excluding hydrogens is 256 g/mol. The summed E-state index contributed by atoms with van der Waals surface area (Å²) in [5.74, 6) is 0. The van der Waals surface area contributed by atoms with Crippen molar-refractivity contribution in [3.05, 3.63) is 59.7 Å². The summed E-state index contributed by atoms with van der Waals surface area (Å²) in [6.45, 7) is 4.32. The molecule has 0 aliphatic carbocycles. The molecule has 2 aromatic carbocycles. The van der Waals surface area contributed by atoms with E-state index in [9.17, 15) is 0 Å². The maximum absolute atomic E-state index is 6.13. The normalized spacial score (nSPS) is 12.2. The molecule has 0 aromatic heterocycles. The fourth-order valence-electron chi connectivity index (χ4n) is 2.53. The highest BCUT2D eigenvalue weighted by molar-refractivity contribution is 5.66. The van der Waals surface area contributed by atoms with E-state index in [2.05, 4.69) is 74.3 Å². The third-order valence-corrected chi connectivity index (χ3v) is 4.09. The average molecular weight is 282 g/mol. The molecular formula is C19H26N2. The van der Waals surface area contributed by atoms with Gasteiger partial charge in [0, 0.05) is 24.5 Å². The summed E-state index contributed by atoms with van der Waals surface area (Å²) in [7, 11) is 2.12. The van der Waals surface area contributed by atoms with Gasteiger partial charge in [-0.15, -0.1) is 0 Å². The van der Waals surface area contributed by atoms with Crippen molar-refractivity contribution in [1.29, 1.82) is 0 Å². The zero-order valence-electron chi connectivity index (χ0n) is 13.3. The number of hydrogen-bond acceptors (Lipinski definition) is 2. The van der Waals surface area contributed by atoms with Crippen LogP contribution in [-0.2, 0) is 12.8 Å². The van der Waals surface area contributed by atoms with Gasteiger partial charge in [0.2, 0.25) is 0 Å². The van der Waals surface area contributed by atoms with Crippen molar-refractivity contribution in [3.8, 4) is 0 Å². The van der Waals surface area contributed by atoms with Crippen LogP contribution < -0.4 is 10.6 Å². The van der Waals surface area contributed by atoms with E-state index in [1.54, 1.807) is 0 Å². The predicted octanol–water partition coefficient (Wildman–Crippen LogP) is 4.30. The van der Waals surface area contributed by atoms with Gasteiger partial charge in [-0.2, -0.15) is 0 Å². The predicted molar refractivity (Wildman–Crippen MR) is 92.3 cm³/mol. The van der Waals surface area contributed by atoms with Crippen molar-refractivity contribution in [1.82, 2.24) is 0 Å². The van der Waals surface area contributed by atoms with E-state index in [0.29, 0.717) is 0 Å². The number of aryl methyl sites for hydroxylation is 1. The Labute approximate surface area is 128 Å². The molecule has 1 unspecified atom stereocenters. The molecule has 2 rings (SSSR count). The molecule has 0 aliphatic heterocycles. The molecule has 112 valence electrons. The minimum atomic E-state index is 0.224. The molecule has 21 heavy (non-hydrogen) atoms. The Kier molecular flexibility index (Phi) is 5.40. The number of nitrogens with zero attached hydrogens (tertiary/aromatic N) is 1. The van der Waals surface area contributed by atoms with E-state index < -0.39 is 0 Å². The van der Waals surface area contributed by atoms with Gasteiger partial charge in [-0.05, 0) is 48.6 Å². The van der Waals surface area contributed by atoms with Crippen LogP contribution in [0, 0.1) is 0 Å². The second-order valence-corrected chi connectivity index (χ2v) is 5.58. The molecule has 0 saturated heterocycles. The molecule has 0 saturated carbocycles. The molecule has 0 fully saturated rings. The number of para-hydroxylation sites is 1. The van der Waals surface area contributed by atoms with Crippen molar-refractivity contribution in [2.45, 2.75) is 39.2 Å². The summed E-state index contributed by atoms with van der Waals surface area (Å²) in [6, 6.07) is 17.5. The first-order valence-corrected chi connectivity index (χ1v) is 7.81. The number of rotatable bonds is 6. The second-order valence-electron chi connectivity index (χ2n) is 5.58. The Morgan fingerprint density at radius 3 is 2.29 bits per heavy atom. The summed E-state index contributed by atoms with van der Waals surface area (Å²) in [5, 5.41) is 0. The molecule has 0 amide bonds. The Balaban J connectivity index is 2.27. The van der Waals surface area contributed by atoms with Crippen molar-refractivity contribution in [2.24, 2.45) is 5.73 Å². The molecule has 0 bridgehead atoms. The molecule has 2 nitrogen and oxygen atoms in total. The lowest BCUT2D eigenvalue weighted by atomic mass is 10.0. The van der Waals surface area contributed by atoms with Crippen LogP contribution in [0.25, 0.3) is 0 Å². The van der Waals surface area contributed by atoms with Crippen LogP contribution >= 0.6 is 0 Å². The Hall–Kier alpha value is -1.80. The third-order valence-electron chi connectivity index (χ3n) is 4.09. The fourth-order valence-corrected chi connectivity index (χ4v) is 2.53. The summed E-state index contributed by atoms with van der Waals surface area (Å²) in [5.41, 5.74) is 11.3. The first-order valence-electron chi connectivity index (χ1n) is 7.81. The minimum Gasteiger partial charge on any atom is -0.344 e. The molecule has 2 heteroatoms. The zero-order valence-corrected chi connectivity index (χ0v) is 13.3. The lowest BCUT2D eigenvalue weighted by Crippen LogP contribution is -2.23. The van der Waals surface area contributed by atoms with Gasteiger partial charge in [0.25, 0.3) is 0 Å². The van der Waals surface area contributed by atoms with E-state index in [1.165, 1.54) is 22.5 Å². The first-order chi connectivity index (χ1) is 10.2. The summed E-state index contributed by atoms with van der Waals surface area (Å²) >= 11 is 0. The molecule has 0 heterocycles. The van der Waals surface area contributed by atoms with Gasteiger partial charge in [-0.25, -0.2) is 0 Å². The smallest absolute Gasteiger partial charge is 0.0441 e. The topological polar surface area (TPSA) is 29.3 Å². The summed E-state index contributed by atoms with van der Waals surface area (Å²) in [6.07, 6.45) is 3.00. The monoisotopic (exact) mass is 282 g/mol. The third kappa shape index (κ3) is 3.85. The van der Waals surface area contributed by atoms with Crippen molar-refractivity contribution >= 4 is 11.4 Å². The Morgan fingerprint density at radius 1 is 1.00 bits per heavy atom. The fraction of sp³-hybridized carbons (Fsp3) is 0.368. The van der Waals surface area contributed by atoms with Gasteiger partial charge in [0.1, 0.15) is 0 Å². The number of anilines is 2. The van der Waals surface area contributed by atoms with E-state index in [4.69, 9.17) is 5.73 Å². The van der Waals surface area contributed by atoms with Gasteiger partial charge in [0.05, 0.1) is 0 Å². The molecule has 0 spiro atoms. The van der Waals surface area contributed by atoms with E-state index >= 15 is 0 Å². The molecule has 2 N–H and O–H groups in total. The largest absolute Gasteiger partial charge is 0.344 e. The van der Waals surface area contributed by atoms with Crippen molar-refractivity contribution in [2.75, 3.05) is 11.9 Å². The SMILES string of the molecule is CCc1ccc(N(C)c2ccccc2CC(N)CC)cc1. The highest BCUT2D eigenvalue weighted by atomic mass is 15.1. The standard InChI is InChI=1S/C19H26N2/c1-4-15-10-12-18(13-11-15)21(3)19-9-7-6-8-16(19)14-17(20)5-2/h6-13,17H,4-5,14,20H2,1-3H3. The quantitative estimate of drug-likeness (QED) is 0.856. The summed E-state index contributed by atoms with van der Waals surface area (Å²) in [4.78, 5) is 2.25. The van der Waals surface area contributed by atoms with Crippen LogP contribution in [0.2, 0.25) is 0 Å². The zero-order chi connectivity index (χ0) is 15.2. The number of benzene rings is 2. The number of hydrogen-bond donors (Lipinski definition) is 1. The Bertz CT molecular complexity index is 560. The van der Waals surface area contributed by atoms with Crippen LogP contribution in [-0.4, -0.2) is 13.1 Å². The van der Waals surface area contributed by atoms with Crippen LogP contribution in [0.3, 0.4) is 0 Å². The van der Waals surface area contributed by atoms with Gasteiger partial charge in [-0.3, -0.25) is 0 Å². The average Bonchev–Trinajstić information content (AvgIpc) is 2.54. The minimum absolute atomic E-state index is 0.224. The van der Waals surface area contributed by atoms with Gasteiger partial charge >= 0.3 is 0 Å². The highest BCUT2D eigenvalue weighted by Crippen LogP contribution is 2.28. The van der Waals surface area contributed by atoms with Gasteiger partial charge < -0.3 is 10.6 Å². The molecule has 0 aliphatic rings. The maximum atomic E-state index is 6.13. The number of nitrogens with two attached hydrogens (primary N) is 1. The van der Waals surface area contributed by atoms with Crippen molar-refractivity contribution < 1.29 is 0 Å². The van der Waals surface area contributed by atoms with Crippen LogP contribution in [0.5, 0.6) is 0 Å². The van der Waals surface area contributed by atoms with Gasteiger partial charge in [0.15, 0.2) is 0 Å². The van der Waals surface area contributed by atoms with Crippen LogP contribution in [0.4, 0.5) is 11.4 Å². The molecule has 1 atom stereocenters. The van der Waals surface area contributed by atoms with Crippen LogP contribution in [0.15, 0.2) is 48.5 Å². The first kappa shape index (κ1) is 15.6. The van der Waals surface area contributed by atoms with Gasteiger partial charge in [-0.1, -0.05) is 44.2 Å². The van der Waals surface area contributed by atoms with Crippen molar-refractivity contribution in [3.63, 3.8) is 0 Å². The molecule has 0 radical (unpaired) electrons. The highest BCUT2D eigenvalue weighted by Gasteiger charge is 2.11. The van der Waals surface area contributed by atoms with E-state index in [-0.39, 0.29) is 6.04 Å². The second kappa shape index (κ2) is 7.28. The van der Waals surface area contributed by atoms with E-state index in [0.717, 1.165) is 19.3 Å². The lowest BCUT2D eigenvalue weighted by molar-refractivity contribution is 0.646. The van der Waals surface area contributed by atoms with E-state index in [1.807, 2.05) is 0 Å². The van der Waals surface area contributed by atoms with Crippen LogP contribution in [0.1, 0.15) is 31.4 Å². The summed E-state index contributed by atoms with van der Waals surface area (Å²) < 4.78 is 0. The molecule has 2 aromatic rings. The lowest BCUT2D eigenvalue weighted by Gasteiger charge is -2.24. The maximum Gasteiger partial charge on any atom is 0.0441 e.